The maximum absolute atomic E-state index is 12.3. The summed E-state index contributed by atoms with van der Waals surface area (Å²) in [5.41, 5.74) is 1.83. The molecule has 0 radical (unpaired) electrons. The zero-order chi connectivity index (χ0) is 16.4. The molecule has 0 unspecified atom stereocenters. The molecule has 1 aromatic carbocycles. The predicted molar refractivity (Wildman–Crippen MR) is 89.2 cm³/mol. The molecule has 124 valence electrons. The maximum Gasteiger partial charge on any atom is 0.216 e. The highest BCUT2D eigenvalue weighted by Crippen LogP contribution is 2.32. The lowest BCUT2D eigenvalue weighted by atomic mass is 10.0. The van der Waals surface area contributed by atoms with E-state index < -0.39 is 10.0 Å². The average Bonchev–Trinajstić information content (AvgIpc) is 3.40. The van der Waals surface area contributed by atoms with E-state index in [2.05, 4.69) is 11.0 Å². The van der Waals surface area contributed by atoms with Crippen LogP contribution in [0.15, 0.2) is 24.3 Å². The standard InChI is InChI=1S/C17H23N3O2S/c1-19(23(21,22)17-5-6-17)16-7-9-20(10-8-16)13-15-4-2-3-14(11-15)12-18/h2-4,11,16-17H,5-10,13H2,1H3. The highest BCUT2D eigenvalue weighted by atomic mass is 32.2. The van der Waals surface area contributed by atoms with Crippen molar-refractivity contribution in [2.45, 2.75) is 43.5 Å². The molecule has 1 saturated heterocycles. The number of nitrogens with zero attached hydrogens (tertiary/aromatic N) is 3. The molecule has 1 aliphatic carbocycles. The van der Waals surface area contributed by atoms with Crippen LogP contribution in [0.4, 0.5) is 0 Å². The summed E-state index contributed by atoms with van der Waals surface area (Å²) in [6.45, 7) is 2.61. The zero-order valence-electron chi connectivity index (χ0n) is 13.5. The molecule has 23 heavy (non-hydrogen) atoms. The third-order valence-corrected chi connectivity index (χ3v) is 7.30. The highest BCUT2D eigenvalue weighted by molar-refractivity contribution is 7.90. The molecule has 5 nitrogen and oxygen atoms in total. The minimum absolute atomic E-state index is 0.126. The molecule has 0 atom stereocenters. The summed E-state index contributed by atoms with van der Waals surface area (Å²) >= 11 is 0. The number of hydrogen-bond acceptors (Lipinski definition) is 4. The van der Waals surface area contributed by atoms with Crippen LogP contribution in [-0.4, -0.2) is 49.1 Å². The van der Waals surface area contributed by atoms with Gasteiger partial charge in [-0.05, 0) is 43.4 Å². The Labute approximate surface area is 138 Å². The van der Waals surface area contributed by atoms with E-state index in [0.717, 1.165) is 50.9 Å². The first kappa shape index (κ1) is 16.4. The summed E-state index contributed by atoms with van der Waals surface area (Å²) in [5, 5.41) is 8.84. The van der Waals surface area contributed by atoms with E-state index in [9.17, 15) is 8.42 Å². The number of nitriles is 1. The third kappa shape index (κ3) is 3.74. The van der Waals surface area contributed by atoms with Crippen molar-refractivity contribution >= 4 is 10.0 Å². The van der Waals surface area contributed by atoms with E-state index in [0.29, 0.717) is 5.56 Å². The first-order chi connectivity index (χ1) is 11.0. The van der Waals surface area contributed by atoms with E-state index in [1.54, 1.807) is 11.4 Å². The minimum atomic E-state index is -3.07. The first-order valence-corrected chi connectivity index (χ1v) is 9.69. The molecule has 0 aromatic heterocycles. The summed E-state index contributed by atoms with van der Waals surface area (Å²) < 4.78 is 26.3. The van der Waals surface area contributed by atoms with Gasteiger partial charge >= 0.3 is 0 Å². The number of hydrogen-bond donors (Lipinski definition) is 0. The molecule has 1 heterocycles. The van der Waals surface area contributed by atoms with E-state index in [-0.39, 0.29) is 11.3 Å². The zero-order valence-corrected chi connectivity index (χ0v) is 14.3. The summed E-state index contributed by atoms with van der Waals surface area (Å²) in [5.74, 6) is 0. The van der Waals surface area contributed by atoms with Crippen LogP contribution in [-0.2, 0) is 16.6 Å². The highest BCUT2D eigenvalue weighted by Gasteiger charge is 2.41. The van der Waals surface area contributed by atoms with Gasteiger partial charge in [0.25, 0.3) is 0 Å². The average molecular weight is 333 g/mol. The van der Waals surface area contributed by atoms with Crippen molar-refractivity contribution in [3.63, 3.8) is 0 Å². The van der Waals surface area contributed by atoms with Gasteiger partial charge in [-0.3, -0.25) is 4.90 Å². The largest absolute Gasteiger partial charge is 0.299 e. The topological polar surface area (TPSA) is 64.4 Å². The number of rotatable bonds is 5. The normalized spacial score (nSPS) is 20.6. The maximum atomic E-state index is 12.3. The molecule has 0 N–H and O–H groups in total. The van der Waals surface area contributed by atoms with Gasteiger partial charge in [0.2, 0.25) is 10.0 Å². The number of likely N-dealkylation sites (tertiary alicyclic amines) is 1. The van der Waals surface area contributed by atoms with Crippen LogP contribution >= 0.6 is 0 Å². The third-order valence-electron chi connectivity index (χ3n) is 4.88. The fourth-order valence-electron chi connectivity index (χ4n) is 3.25. The Hall–Kier alpha value is -1.42. The Morgan fingerprint density at radius 3 is 2.57 bits per heavy atom. The Morgan fingerprint density at radius 1 is 1.26 bits per heavy atom. The molecule has 2 aliphatic rings. The van der Waals surface area contributed by atoms with Gasteiger partial charge in [0, 0.05) is 32.7 Å². The van der Waals surface area contributed by atoms with Crippen LogP contribution in [0.3, 0.4) is 0 Å². The fourth-order valence-corrected chi connectivity index (χ4v) is 5.08. The van der Waals surface area contributed by atoms with Crippen LogP contribution in [0.25, 0.3) is 0 Å². The molecule has 2 fully saturated rings. The second-order valence-electron chi connectivity index (χ2n) is 6.58. The molecule has 6 heteroatoms. The Balaban J connectivity index is 1.55. The van der Waals surface area contributed by atoms with Crippen LogP contribution in [0.1, 0.15) is 36.8 Å². The smallest absolute Gasteiger partial charge is 0.216 e. The van der Waals surface area contributed by atoms with E-state index >= 15 is 0 Å². The number of sulfonamides is 1. The number of piperidine rings is 1. The monoisotopic (exact) mass is 333 g/mol. The lowest BCUT2D eigenvalue weighted by Gasteiger charge is -2.36. The molecule has 0 spiro atoms. The van der Waals surface area contributed by atoms with Crippen LogP contribution in [0.2, 0.25) is 0 Å². The van der Waals surface area contributed by atoms with E-state index in [1.807, 2.05) is 24.3 Å². The lowest BCUT2D eigenvalue weighted by molar-refractivity contribution is 0.164. The van der Waals surface area contributed by atoms with Crippen molar-refractivity contribution in [3.8, 4) is 6.07 Å². The van der Waals surface area contributed by atoms with Gasteiger partial charge in [0.15, 0.2) is 0 Å². The second-order valence-corrected chi connectivity index (χ2v) is 8.85. The van der Waals surface area contributed by atoms with Crippen molar-refractivity contribution in [2.24, 2.45) is 0 Å². The van der Waals surface area contributed by atoms with Gasteiger partial charge < -0.3 is 0 Å². The second kappa shape index (κ2) is 6.60. The summed E-state index contributed by atoms with van der Waals surface area (Å²) in [6.07, 6.45) is 3.39. The van der Waals surface area contributed by atoms with Gasteiger partial charge in [0.1, 0.15) is 0 Å². The van der Waals surface area contributed by atoms with Gasteiger partial charge in [-0.2, -0.15) is 5.26 Å². The van der Waals surface area contributed by atoms with Crippen molar-refractivity contribution in [1.29, 1.82) is 5.26 Å². The van der Waals surface area contributed by atoms with Gasteiger partial charge in [-0.15, -0.1) is 0 Å². The van der Waals surface area contributed by atoms with Crippen molar-refractivity contribution < 1.29 is 8.42 Å². The minimum Gasteiger partial charge on any atom is -0.299 e. The van der Waals surface area contributed by atoms with Crippen LogP contribution in [0, 0.1) is 11.3 Å². The van der Waals surface area contributed by atoms with Crippen LogP contribution < -0.4 is 0 Å². The first-order valence-electron chi connectivity index (χ1n) is 8.19. The Morgan fingerprint density at radius 2 is 1.96 bits per heavy atom. The molecule has 0 bridgehead atoms. The van der Waals surface area contributed by atoms with Gasteiger partial charge in [-0.1, -0.05) is 12.1 Å². The Kier molecular flexibility index (Phi) is 4.72. The van der Waals surface area contributed by atoms with Crippen molar-refractivity contribution in [2.75, 3.05) is 20.1 Å². The quantitative estimate of drug-likeness (QED) is 0.826. The molecule has 1 aliphatic heterocycles. The van der Waals surface area contributed by atoms with E-state index in [4.69, 9.17) is 5.26 Å². The fraction of sp³-hybridized carbons (Fsp3) is 0.588. The molecule has 1 saturated carbocycles. The molecular weight excluding hydrogens is 310 g/mol. The number of benzene rings is 1. The summed E-state index contributed by atoms with van der Waals surface area (Å²) in [7, 11) is -1.33. The van der Waals surface area contributed by atoms with Gasteiger partial charge in [0.05, 0.1) is 16.9 Å². The van der Waals surface area contributed by atoms with Gasteiger partial charge in [-0.25, -0.2) is 12.7 Å². The molecule has 3 rings (SSSR count). The summed E-state index contributed by atoms with van der Waals surface area (Å²) in [6, 6.07) is 9.99. The SMILES string of the molecule is CN(C1CCN(Cc2cccc(C#N)c2)CC1)S(=O)(=O)C1CC1. The molecular formula is C17H23N3O2S. The lowest BCUT2D eigenvalue weighted by Crippen LogP contribution is -2.46. The summed E-state index contributed by atoms with van der Waals surface area (Å²) in [4.78, 5) is 2.34. The molecule has 1 aromatic rings. The van der Waals surface area contributed by atoms with Crippen molar-refractivity contribution in [1.82, 2.24) is 9.21 Å². The van der Waals surface area contributed by atoms with Crippen LogP contribution in [0.5, 0.6) is 0 Å². The Bertz CT molecular complexity index is 699. The van der Waals surface area contributed by atoms with E-state index in [1.165, 1.54) is 0 Å². The predicted octanol–water partition coefficient (Wildman–Crippen LogP) is 1.95. The van der Waals surface area contributed by atoms with Crippen molar-refractivity contribution in [3.05, 3.63) is 35.4 Å². The molecule has 0 amide bonds.